The van der Waals surface area contributed by atoms with Crippen molar-refractivity contribution in [3.8, 4) is 0 Å². The smallest absolute Gasteiger partial charge is 0.146 e. The number of hydrogen-bond donors (Lipinski definition) is 0. The monoisotopic (exact) mass is 206 g/mol. The molecule has 2 aliphatic carbocycles. The average molecular weight is 206 g/mol. The lowest BCUT2D eigenvalue weighted by molar-refractivity contribution is -0.140. The lowest BCUT2D eigenvalue weighted by atomic mass is 9.67. The number of hydrogen-bond acceptors (Lipinski definition) is 2. The van der Waals surface area contributed by atoms with Gasteiger partial charge in [0.15, 0.2) is 0 Å². The standard InChI is InChI=1S/C13H18O2/c1-10(14)13(9-5-8-12(13)15)11-6-3-2-4-7-11/h3,6,11H,2,4-5,7-9H2,1H3. The normalized spacial score (nSPS) is 35.8. The molecule has 2 heteroatoms. The summed E-state index contributed by atoms with van der Waals surface area (Å²) >= 11 is 0. The van der Waals surface area contributed by atoms with Crippen LogP contribution in [0.5, 0.6) is 0 Å². The van der Waals surface area contributed by atoms with Gasteiger partial charge in [-0.2, -0.15) is 0 Å². The zero-order valence-electron chi connectivity index (χ0n) is 9.29. The first kappa shape index (κ1) is 10.6. The van der Waals surface area contributed by atoms with E-state index in [0.717, 1.165) is 32.1 Å². The van der Waals surface area contributed by atoms with Gasteiger partial charge in [0.25, 0.3) is 0 Å². The Labute approximate surface area is 90.7 Å². The van der Waals surface area contributed by atoms with Crippen LogP contribution in [0, 0.1) is 11.3 Å². The van der Waals surface area contributed by atoms with E-state index in [-0.39, 0.29) is 17.5 Å². The van der Waals surface area contributed by atoms with E-state index in [0.29, 0.717) is 6.42 Å². The molecule has 0 aromatic carbocycles. The highest BCUT2D eigenvalue weighted by Crippen LogP contribution is 2.46. The molecular weight excluding hydrogens is 188 g/mol. The first-order valence-corrected chi connectivity index (χ1v) is 5.89. The Bertz CT molecular complexity index is 316. The lowest BCUT2D eigenvalue weighted by Crippen LogP contribution is -2.40. The van der Waals surface area contributed by atoms with E-state index >= 15 is 0 Å². The van der Waals surface area contributed by atoms with E-state index in [9.17, 15) is 9.59 Å². The third-order valence-electron chi connectivity index (χ3n) is 3.99. The first-order valence-electron chi connectivity index (χ1n) is 5.89. The minimum absolute atomic E-state index is 0.0848. The minimum Gasteiger partial charge on any atom is -0.299 e. The van der Waals surface area contributed by atoms with Crippen molar-refractivity contribution in [2.45, 2.75) is 45.4 Å². The van der Waals surface area contributed by atoms with E-state index in [1.165, 1.54) is 0 Å². The fourth-order valence-electron chi connectivity index (χ4n) is 3.14. The number of ketones is 2. The van der Waals surface area contributed by atoms with Crippen LogP contribution in [0.15, 0.2) is 12.2 Å². The van der Waals surface area contributed by atoms with E-state index in [1.807, 2.05) is 0 Å². The van der Waals surface area contributed by atoms with Crippen molar-refractivity contribution in [2.24, 2.45) is 11.3 Å². The summed E-state index contributed by atoms with van der Waals surface area (Å²) in [5.41, 5.74) is -0.642. The third-order valence-corrected chi connectivity index (χ3v) is 3.99. The minimum atomic E-state index is -0.642. The van der Waals surface area contributed by atoms with Gasteiger partial charge < -0.3 is 0 Å². The van der Waals surface area contributed by atoms with Crippen LogP contribution in [0.1, 0.15) is 45.4 Å². The van der Waals surface area contributed by atoms with Gasteiger partial charge >= 0.3 is 0 Å². The quantitative estimate of drug-likeness (QED) is 0.514. The molecule has 0 aromatic heterocycles. The topological polar surface area (TPSA) is 34.1 Å². The first-order chi connectivity index (χ1) is 7.18. The molecule has 1 saturated carbocycles. The molecule has 2 rings (SSSR count). The summed E-state index contributed by atoms with van der Waals surface area (Å²) in [6.45, 7) is 1.59. The van der Waals surface area contributed by atoms with E-state index in [4.69, 9.17) is 0 Å². The molecule has 0 aliphatic heterocycles. The number of Topliss-reactive ketones (excluding diaryl/α,β-unsaturated/α-hetero) is 2. The molecule has 15 heavy (non-hydrogen) atoms. The van der Waals surface area contributed by atoms with Crippen molar-refractivity contribution >= 4 is 11.6 Å². The van der Waals surface area contributed by atoms with Crippen molar-refractivity contribution in [1.29, 1.82) is 0 Å². The zero-order chi connectivity index (χ0) is 10.9. The number of carbonyl (C=O) groups is 2. The third kappa shape index (κ3) is 1.56. The Morgan fingerprint density at radius 2 is 2.27 bits per heavy atom. The summed E-state index contributed by atoms with van der Waals surface area (Å²) in [7, 11) is 0. The Morgan fingerprint density at radius 3 is 2.73 bits per heavy atom. The predicted octanol–water partition coefficient (Wildman–Crippen LogP) is 2.67. The second kappa shape index (κ2) is 3.92. The summed E-state index contributed by atoms with van der Waals surface area (Å²) < 4.78 is 0. The number of carbonyl (C=O) groups excluding carboxylic acids is 2. The maximum atomic E-state index is 12.0. The molecule has 0 N–H and O–H groups in total. The van der Waals surface area contributed by atoms with Crippen LogP contribution in [0.4, 0.5) is 0 Å². The number of allylic oxidation sites excluding steroid dienone is 2. The van der Waals surface area contributed by atoms with E-state index < -0.39 is 5.41 Å². The van der Waals surface area contributed by atoms with Crippen molar-refractivity contribution in [1.82, 2.24) is 0 Å². The molecule has 2 aliphatic rings. The highest BCUT2D eigenvalue weighted by Gasteiger charge is 2.50. The maximum Gasteiger partial charge on any atom is 0.146 e. The van der Waals surface area contributed by atoms with Crippen molar-refractivity contribution < 1.29 is 9.59 Å². The second-order valence-corrected chi connectivity index (χ2v) is 4.77. The van der Waals surface area contributed by atoms with Gasteiger partial charge in [0.2, 0.25) is 0 Å². The van der Waals surface area contributed by atoms with Gasteiger partial charge in [0.1, 0.15) is 11.6 Å². The Morgan fingerprint density at radius 1 is 1.47 bits per heavy atom. The summed E-state index contributed by atoms with van der Waals surface area (Å²) in [6.07, 6.45) is 9.71. The van der Waals surface area contributed by atoms with Gasteiger partial charge in [-0.15, -0.1) is 0 Å². The van der Waals surface area contributed by atoms with Crippen LogP contribution in [0.2, 0.25) is 0 Å². The maximum absolute atomic E-state index is 12.0. The molecule has 2 nitrogen and oxygen atoms in total. The van der Waals surface area contributed by atoms with Crippen LogP contribution in [0.25, 0.3) is 0 Å². The van der Waals surface area contributed by atoms with Gasteiger partial charge in [-0.05, 0) is 44.9 Å². The molecule has 1 fully saturated rings. The van der Waals surface area contributed by atoms with Crippen LogP contribution >= 0.6 is 0 Å². The average Bonchev–Trinajstić information content (AvgIpc) is 2.62. The lowest BCUT2D eigenvalue weighted by Gasteiger charge is -2.33. The molecule has 2 unspecified atom stereocenters. The fourth-order valence-corrected chi connectivity index (χ4v) is 3.14. The van der Waals surface area contributed by atoms with Crippen LogP contribution < -0.4 is 0 Å². The van der Waals surface area contributed by atoms with Crippen LogP contribution in [0.3, 0.4) is 0 Å². The Kier molecular flexibility index (Phi) is 2.76. The van der Waals surface area contributed by atoms with Gasteiger partial charge in [-0.3, -0.25) is 9.59 Å². The van der Waals surface area contributed by atoms with E-state index in [1.54, 1.807) is 6.92 Å². The highest BCUT2D eigenvalue weighted by atomic mass is 16.2. The molecule has 0 heterocycles. The van der Waals surface area contributed by atoms with Gasteiger partial charge in [0, 0.05) is 6.42 Å². The van der Waals surface area contributed by atoms with Gasteiger partial charge in [-0.25, -0.2) is 0 Å². The zero-order valence-corrected chi connectivity index (χ0v) is 9.29. The molecule has 0 radical (unpaired) electrons. The second-order valence-electron chi connectivity index (χ2n) is 4.77. The summed E-state index contributed by atoms with van der Waals surface area (Å²) in [5.74, 6) is 0.451. The molecule has 82 valence electrons. The van der Waals surface area contributed by atoms with Gasteiger partial charge in [-0.1, -0.05) is 12.2 Å². The Balaban J connectivity index is 2.33. The molecule has 0 bridgehead atoms. The summed E-state index contributed by atoms with van der Waals surface area (Å²) in [6, 6.07) is 0. The molecule has 2 atom stereocenters. The highest BCUT2D eigenvalue weighted by molar-refractivity contribution is 6.07. The van der Waals surface area contributed by atoms with Crippen LogP contribution in [-0.4, -0.2) is 11.6 Å². The summed E-state index contributed by atoms with van der Waals surface area (Å²) in [4.78, 5) is 23.8. The molecule has 0 saturated heterocycles. The van der Waals surface area contributed by atoms with Crippen LogP contribution in [-0.2, 0) is 9.59 Å². The van der Waals surface area contributed by atoms with Gasteiger partial charge in [0.05, 0.1) is 5.41 Å². The molecular formula is C13H18O2. The summed E-state index contributed by atoms with van der Waals surface area (Å²) in [5, 5.41) is 0. The molecule has 0 aromatic rings. The van der Waals surface area contributed by atoms with Crippen molar-refractivity contribution in [3.05, 3.63) is 12.2 Å². The fraction of sp³-hybridized carbons (Fsp3) is 0.692. The molecule has 0 amide bonds. The number of rotatable bonds is 2. The SMILES string of the molecule is CC(=O)C1(C2C=CCCC2)CCCC1=O. The van der Waals surface area contributed by atoms with Crippen molar-refractivity contribution in [2.75, 3.05) is 0 Å². The largest absolute Gasteiger partial charge is 0.299 e. The predicted molar refractivity (Wildman–Crippen MR) is 58.5 cm³/mol. The van der Waals surface area contributed by atoms with Crippen molar-refractivity contribution in [3.63, 3.8) is 0 Å². The molecule has 0 spiro atoms. The van der Waals surface area contributed by atoms with E-state index in [2.05, 4.69) is 12.2 Å². The Hall–Kier alpha value is -0.920.